The summed E-state index contributed by atoms with van der Waals surface area (Å²) in [5, 5.41) is 16.4. The van der Waals surface area contributed by atoms with Crippen LogP contribution < -0.4 is 9.64 Å². The van der Waals surface area contributed by atoms with Gasteiger partial charge in [-0.25, -0.2) is 17.9 Å². The monoisotopic (exact) mass is 697 g/mol. The molecule has 264 valence electrons. The van der Waals surface area contributed by atoms with E-state index in [4.69, 9.17) is 9.72 Å². The zero-order valence-corrected chi connectivity index (χ0v) is 28.5. The Hall–Kier alpha value is -4.78. The molecule has 0 amide bonds. The third-order valence-electron chi connectivity index (χ3n) is 11.7. The van der Waals surface area contributed by atoms with Gasteiger partial charge in [0.2, 0.25) is 0 Å². The van der Waals surface area contributed by atoms with Crippen molar-refractivity contribution >= 4 is 33.4 Å². The van der Waals surface area contributed by atoms with Gasteiger partial charge in [-0.15, -0.1) is 0 Å². The van der Waals surface area contributed by atoms with Gasteiger partial charge in [0.25, 0.3) is 5.91 Å². The average Bonchev–Trinajstić information content (AvgIpc) is 3.37. The summed E-state index contributed by atoms with van der Waals surface area (Å²) in [7, 11) is 0. The van der Waals surface area contributed by atoms with Crippen molar-refractivity contribution in [1.82, 2.24) is 29.6 Å². The lowest BCUT2D eigenvalue weighted by molar-refractivity contribution is 0.0788. The van der Waals surface area contributed by atoms with Gasteiger partial charge >= 0.3 is 6.01 Å². The molecule has 3 atom stereocenters. The van der Waals surface area contributed by atoms with Gasteiger partial charge in [0.1, 0.15) is 41.4 Å². The molecule has 1 spiro atoms. The number of phenolic OH excluding ortho intramolecular Hbond substituents is 1. The number of ether oxygens (including phenoxy) is 1. The van der Waals surface area contributed by atoms with Gasteiger partial charge < -0.3 is 14.7 Å². The van der Waals surface area contributed by atoms with E-state index >= 15 is 8.78 Å². The standard InChI is InChI=1S/C38H38F3N7O3/c1-3-25-29(40)6-5-22-13-24(49)14-26(30(22)25)32-31(41)33-27(16-42-32)34(44-36(43-33)51-20-38-8-4-11-47(38)17-23(39)15-38)46-18-28(37(19-46)9-10-37)35(50)48-12-7-21(2)45-48/h5-7,12-14,16,23,28,49H,3-4,8-11,15,17-20H2,1-2H3/t23-,28?,38+/m1/s1. The molecule has 1 saturated carbocycles. The molecule has 10 nitrogen and oxygen atoms in total. The fraction of sp³-hybridized carbons (Fsp3) is 0.447. The maximum Gasteiger partial charge on any atom is 0.319 e. The number of nitrogens with zero attached hydrogens (tertiary/aromatic N) is 7. The van der Waals surface area contributed by atoms with E-state index in [1.165, 1.54) is 29.1 Å². The van der Waals surface area contributed by atoms with Crippen molar-refractivity contribution in [1.29, 1.82) is 0 Å². The summed E-state index contributed by atoms with van der Waals surface area (Å²) in [5.74, 6) is -1.37. The fourth-order valence-corrected chi connectivity index (χ4v) is 9.03. The zero-order valence-electron chi connectivity index (χ0n) is 28.5. The maximum atomic E-state index is 17.1. The minimum atomic E-state index is -0.949. The summed E-state index contributed by atoms with van der Waals surface area (Å²) in [6.45, 7) is 5.81. The van der Waals surface area contributed by atoms with Crippen molar-refractivity contribution in [2.75, 3.05) is 37.7 Å². The number of aromatic nitrogens is 5. The molecular weight excluding hydrogens is 659 g/mol. The molecule has 2 aromatic carbocycles. The number of benzene rings is 2. The number of rotatable bonds is 7. The molecule has 0 radical (unpaired) electrons. The largest absolute Gasteiger partial charge is 0.508 e. The molecule has 4 aliphatic rings. The number of halogens is 3. The van der Waals surface area contributed by atoms with Crippen LogP contribution in [-0.2, 0) is 6.42 Å². The summed E-state index contributed by atoms with van der Waals surface area (Å²) >= 11 is 0. The van der Waals surface area contributed by atoms with Crippen molar-refractivity contribution in [3.8, 4) is 23.0 Å². The molecule has 1 aliphatic carbocycles. The minimum Gasteiger partial charge on any atom is -0.508 e. The van der Waals surface area contributed by atoms with Gasteiger partial charge in [0.05, 0.1) is 22.5 Å². The Morgan fingerprint density at radius 1 is 1.12 bits per heavy atom. The second-order valence-corrected chi connectivity index (χ2v) is 14.9. The first kappa shape index (κ1) is 32.1. The highest BCUT2D eigenvalue weighted by Gasteiger charge is 2.58. The zero-order chi connectivity index (χ0) is 35.2. The van der Waals surface area contributed by atoms with Gasteiger partial charge in [-0.05, 0) is 86.2 Å². The maximum absolute atomic E-state index is 17.1. The van der Waals surface area contributed by atoms with E-state index < -0.39 is 23.3 Å². The summed E-state index contributed by atoms with van der Waals surface area (Å²) < 4.78 is 54.4. The van der Waals surface area contributed by atoms with E-state index in [-0.39, 0.29) is 52.4 Å². The van der Waals surface area contributed by atoms with Gasteiger partial charge in [0, 0.05) is 49.4 Å². The number of phenols is 1. The lowest BCUT2D eigenvalue weighted by Gasteiger charge is -2.31. The van der Waals surface area contributed by atoms with E-state index in [1.54, 1.807) is 18.3 Å². The number of carbonyl (C=O) groups is 1. The average molecular weight is 698 g/mol. The molecule has 1 unspecified atom stereocenters. The molecule has 9 rings (SSSR count). The first-order chi connectivity index (χ1) is 24.6. The van der Waals surface area contributed by atoms with E-state index in [1.807, 2.05) is 18.7 Å². The molecule has 3 aromatic heterocycles. The van der Waals surface area contributed by atoms with Crippen LogP contribution in [0.1, 0.15) is 55.1 Å². The van der Waals surface area contributed by atoms with Crippen LogP contribution in [0.15, 0.2) is 42.7 Å². The predicted octanol–water partition coefficient (Wildman–Crippen LogP) is 6.41. The van der Waals surface area contributed by atoms with Crippen LogP contribution in [0.4, 0.5) is 19.0 Å². The predicted molar refractivity (Wildman–Crippen MR) is 185 cm³/mol. The van der Waals surface area contributed by atoms with Crippen LogP contribution in [-0.4, -0.2) is 85.1 Å². The van der Waals surface area contributed by atoms with Crippen molar-refractivity contribution in [3.63, 3.8) is 0 Å². The van der Waals surface area contributed by atoms with Crippen molar-refractivity contribution in [2.45, 2.75) is 64.1 Å². The van der Waals surface area contributed by atoms with E-state index in [2.05, 4.69) is 20.0 Å². The van der Waals surface area contributed by atoms with Gasteiger partial charge in [-0.1, -0.05) is 13.0 Å². The SMILES string of the molecule is CCc1c(F)ccc2cc(O)cc(-c3ncc4c(N5CC(C(=O)n6ccc(C)n6)C6(CC6)C5)nc(OC[C@@]56CCCN5C[C@H](F)C6)nc4c3F)c12. The Morgan fingerprint density at radius 2 is 1.96 bits per heavy atom. The highest BCUT2D eigenvalue weighted by Crippen LogP contribution is 2.57. The van der Waals surface area contributed by atoms with Crippen LogP contribution in [0, 0.1) is 29.9 Å². The third-order valence-corrected chi connectivity index (χ3v) is 11.7. The molecule has 51 heavy (non-hydrogen) atoms. The Labute approximate surface area is 292 Å². The second-order valence-electron chi connectivity index (χ2n) is 14.9. The lowest BCUT2D eigenvalue weighted by Crippen LogP contribution is -2.43. The van der Waals surface area contributed by atoms with Crippen molar-refractivity contribution < 1.29 is 27.8 Å². The molecule has 4 fully saturated rings. The topological polar surface area (TPSA) is 110 Å². The van der Waals surface area contributed by atoms with E-state index in [9.17, 15) is 14.3 Å². The van der Waals surface area contributed by atoms with E-state index in [0.717, 1.165) is 37.9 Å². The third kappa shape index (κ3) is 5.14. The Bertz CT molecular complexity index is 2240. The van der Waals surface area contributed by atoms with Gasteiger partial charge in [0.15, 0.2) is 5.82 Å². The summed E-state index contributed by atoms with van der Waals surface area (Å²) in [6.07, 6.45) is 6.37. The lowest BCUT2D eigenvalue weighted by atomic mass is 9.92. The number of alkyl halides is 1. The van der Waals surface area contributed by atoms with Crippen LogP contribution >= 0.6 is 0 Å². The minimum absolute atomic E-state index is 0.0520. The van der Waals surface area contributed by atoms with Gasteiger partial charge in [-0.2, -0.15) is 15.1 Å². The molecule has 13 heteroatoms. The van der Waals surface area contributed by atoms with E-state index in [0.29, 0.717) is 60.0 Å². The fourth-order valence-electron chi connectivity index (χ4n) is 9.03. The highest BCUT2D eigenvalue weighted by molar-refractivity contribution is 6.02. The number of anilines is 1. The molecule has 0 bridgehead atoms. The Kier molecular flexibility index (Phi) is 7.33. The van der Waals surface area contributed by atoms with Crippen LogP contribution in [0.25, 0.3) is 32.9 Å². The van der Waals surface area contributed by atoms with Crippen LogP contribution in [0.2, 0.25) is 0 Å². The quantitative estimate of drug-likeness (QED) is 0.207. The number of hydrogen-bond donors (Lipinski definition) is 1. The second kappa shape index (κ2) is 11.6. The number of fused-ring (bicyclic) bond motifs is 3. The highest BCUT2D eigenvalue weighted by atomic mass is 19.1. The first-order valence-electron chi connectivity index (χ1n) is 17.7. The Morgan fingerprint density at radius 3 is 2.73 bits per heavy atom. The molecule has 5 aromatic rings. The molecular formula is C38H38F3N7O3. The summed E-state index contributed by atoms with van der Waals surface area (Å²) in [6, 6.07) is 7.54. The number of pyridine rings is 1. The van der Waals surface area contributed by atoms with Gasteiger partial charge in [-0.3, -0.25) is 14.7 Å². The molecule has 1 N–H and O–H groups in total. The molecule has 3 saturated heterocycles. The van der Waals surface area contributed by atoms with Crippen LogP contribution in [0.3, 0.4) is 0 Å². The molecule has 3 aliphatic heterocycles. The smallest absolute Gasteiger partial charge is 0.319 e. The number of hydrogen-bond acceptors (Lipinski definition) is 9. The van der Waals surface area contributed by atoms with Crippen molar-refractivity contribution in [2.24, 2.45) is 11.3 Å². The number of aryl methyl sites for hydroxylation is 2. The normalized spacial score (nSPS) is 23.9. The van der Waals surface area contributed by atoms with Crippen molar-refractivity contribution in [3.05, 3.63) is 65.6 Å². The number of carbonyl (C=O) groups excluding carboxylic acids is 1. The number of aromatic hydroxyl groups is 1. The molecule has 6 heterocycles. The first-order valence-corrected chi connectivity index (χ1v) is 17.7. The summed E-state index contributed by atoms with van der Waals surface area (Å²) in [4.78, 5) is 31.9. The Balaban J connectivity index is 1.17. The van der Waals surface area contributed by atoms with Crippen LogP contribution in [0.5, 0.6) is 11.8 Å². The summed E-state index contributed by atoms with van der Waals surface area (Å²) in [5.41, 5.74) is 0.481.